The van der Waals surface area contributed by atoms with E-state index in [4.69, 9.17) is 5.11 Å². The summed E-state index contributed by atoms with van der Waals surface area (Å²) in [5.41, 5.74) is 0. The minimum atomic E-state index is -3.55. The first-order valence-corrected chi connectivity index (χ1v) is 10.6. The standard InChI is InChI=1S/C18H27N3O5S/c1-13(11-12-19-27(25,26)16-5-3-2-4-6-16)20-18(24)21-15-9-7-14(8-10-15)17(22)23/h2-6,13-15,19H,7-12H2,1H3,(H,22,23)(H2,20,21,24). The number of carboxylic acids is 1. The van der Waals surface area contributed by atoms with Gasteiger partial charge in [-0.2, -0.15) is 0 Å². The molecule has 0 heterocycles. The van der Waals surface area contributed by atoms with E-state index in [0.29, 0.717) is 32.1 Å². The minimum absolute atomic E-state index is 0.0237. The largest absolute Gasteiger partial charge is 0.481 e. The lowest BCUT2D eigenvalue weighted by Gasteiger charge is -2.27. The Morgan fingerprint density at radius 2 is 1.78 bits per heavy atom. The number of carbonyl (C=O) groups is 2. The molecule has 0 spiro atoms. The van der Waals surface area contributed by atoms with E-state index in [-0.39, 0.29) is 35.5 Å². The molecule has 1 unspecified atom stereocenters. The summed E-state index contributed by atoms with van der Waals surface area (Å²) in [6, 6.07) is 7.57. The van der Waals surface area contributed by atoms with Gasteiger partial charge in [0.25, 0.3) is 0 Å². The number of nitrogens with one attached hydrogen (secondary N) is 3. The number of carboxylic acid groups (broad SMARTS) is 1. The van der Waals surface area contributed by atoms with E-state index in [1.165, 1.54) is 12.1 Å². The molecule has 1 atom stereocenters. The molecule has 0 aliphatic heterocycles. The Labute approximate surface area is 159 Å². The third kappa shape index (κ3) is 6.84. The lowest BCUT2D eigenvalue weighted by atomic mass is 9.86. The third-order valence-corrected chi connectivity index (χ3v) is 6.19. The van der Waals surface area contributed by atoms with Crippen LogP contribution in [-0.2, 0) is 14.8 Å². The van der Waals surface area contributed by atoms with Crippen LogP contribution in [0.2, 0.25) is 0 Å². The molecule has 1 saturated carbocycles. The molecule has 27 heavy (non-hydrogen) atoms. The lowest BCUT2D eigenvalue weighted by Crippen LogP contribution is -2.47. The van der Waals surface area contributed by atoms with Crippen LogP contribution < -0.4 is 15.4 Å². The Morgan fingerprint density at radius 1 is 1.15 bits per heavy atom. The molecule has 2 rings (SSSR count). The molecule has 0 saturated heterocycles. The molecule has 9 heteroatoms. The predicted octanol–water partition coefficient (Wildman–Crippen LogP) is 1.69. The van der Waals surface area contributed by atoms with E-state index in [0.717, 1.165) is 0 Å². The van der Waals surface area contributed by atoms with Crippen molar-refractivity contribution in [3.63, 3.8) is 0 Å². The van der Waals surface area contributed by atoms with E-state index in [1.54, 1.807) is 25.1 Å². The maximum Gasteiger partial charge on any atom is 0.315 e. The van der Waals surface area contributed by atoms with Crippen molar-refractivity contribution in [2.24, 2.45) is 5.92 Å². The summed E-state index contributed by atoms with van der Waals surface area (Å²) >= 11 is 0. The molecule has 4 N–H and O–H groups in total. The van der Waals surface area contributed by atoms with Gasteiger partial charge in [0, 0.05) is 18.6 Å². The number of hydrogen-bond acceptors (Lipinski definition) is 4. The Balaban J connectivity index is 1.67. The number of urea groups is 1. The van der Waals surface area contributed by atoms with Gasteiger partial charge in [0.2, 0.25) is 10.0 Å². The summed E-state index contributed by atoms with van der Waals surface area (Å²) < 4.78 is 26.8. The fourth-order valence-corrected chi connectivity index (χ4v) is 4.17. The van der Waals surface area contributed by atoms with Crippen LogP contribution in [0.15, 0.2) is 35.2 Å². The monoisotopic (exact) mass is 397 g/mol. The predicted molar refractivity (Wildman–Crippen MR) is 101 cm³/mol. The maximum absolute atomic E-state index is 12.1. The molecule has 8 nitrogen and oxygen atoms in total. The highest BCUT2D eigenvalue weighted by Crippen LogP contribution is 2.24. The van der Waals surface area contributed by atoms with Gasteiger partial charge in [-0.25, -0.2) is 17.9 Å². The summed E-state index contributed by atoms with van der Waals surface area (Å²) in [6.07, 6.45) is 2.88. The zero-order chi connectivity index (χ0) is 19.9. The van der Waals surface area contributed by atoms with Crippen molar-refractivity contribution < 1.29 is 23.1 Å². The molecule has 1 aliphatic rings. The van der Waals surface area contributed by atoms with Crippen molar-refractivity contribution in [3.05, 3.63) is 30.3 Å². The van der Waals surface area contributed by atoms with Crippen LogP contribution >= 0.6 is 0 Å². The van der Waals surface area contributed by atoms with Gasteiger partial charge in [-0.05, 0) is 51.2 Å². The van der Waals surface area contributed by atoms with Gasteiger partial charge in [-0.3, -0.25) is 4.79 Å². The van der Waals surface area contributed by atoms with Crippen molar-refractivity contribution in [3.8, 4) is 0 Å². The number of sulfonamides is 1. The number of amides is 2. The van der Waals surface area contributed by atoms with Crippen LogP contribution in [0.5, 0.6) is 0 Å². The summed E-state index contributed by atoms with van der Waals surface area (Å²) in [6.45, 7) is 2.01. The highest BCUT2D eigenvalue weighted by molar-refractivity contribution is 7.89. The molecule has 0 aromatic heterocycles. The van der Waals surface area contributed by atoms with E-state index >= 15 is 0 Å². The molecule has 1 fully saturated rings. The van der Waals surface area contributed by atoms with Gasteiger partial charge in [-0.15, -0.1) is 0 Å². The van der Waals surface area contributed by atoms with Crippen molar-refractivity contribution in [1.29, 1.82) is 0 Å². The van der Waals surface area contributed by atoms with Gasteiger partial charge in [0.15, 0.2) is 0 Å². The van der Waals surface area contributed by atoms with Crippen molar-refractivity contribution in [2.75, 3.05) is 6.54 Å². The Morgan fingerprint density at radius 3 is 2.37 bits per heavy atom. The Bertz CT molecular complexity index is 731. The maximum atomic E-state index is 12.1. The Hall–Kier alpha value is -2.13. The van der Waals surface area contributed by atoms with Crippen LogP contribution in [0, 0.1) is 5.92 Å². The molecule has 1 aromatic rings. The fraction of sp³-hybridized carbons (Fsp3) is 0.556. The number of benzene rings is 1. The number of aliphatic carboxylic acids is 1. The molecular weight excluding hydrogens is 370 g/mol. The van der Waals surface area contributed by atoms with Crippen LogP contribution in [0.25, 0.3) is 0 Å². The highest BCUT2D eigenvalue weighted by Gasteiger charge is 2.26. The summed E-state index contributed by atoms with van der Waals surface area (Å²) in [7, 11) is -3.55. The average molecular weight is 397 g/mol. The summed E-state index contributed by atoms with van der Waals surface area (Å²) in [5.74, 6) is -1.09. The normalized spacial score (nSPS) is 21.2. The quantitative estimate of drug-likeness (QED) is 0.531. The number of carbonyl (C=O) groups excluding carboxylic acids is 1. The topological polar surface area (TPSA) is 125 Å². The molecule has 0 radical (unpaired) electrons. The van der Waals surface area contributed by atoms with Gasteiger partial charge in [0.05, 0.1) is 10.8 Å². The molecule has 150 valence electrons. The van der Waals surface area contributed by atoms with Crippen molar-refractivity contribution in [1.82, 2.24) is 15.4 Å². The fourth-order valence-electron chi connectivity index (χ4n) is 3.10. The zero-order valence-electron chi connectivity index (χ0n) is 15.3. The van der Waals surface area contributed by atoms with Gasteiger partial charge in [-0.1, -0.05) is 18.2 Å². The zero-order valence-corrected chi connectivity index (χ0v) is 16.2. The van der Waals surface area contributed by atoms with E-state index in [2.05, 4.69) is 15.4 Å². The van der Waals surface area contributed by atoms with Gasteiger partial charge in [0.1, 0.15) is 0 Å². The van der Waals surface area contributed by atoms with Crippen LogP contribution in [0.3, 0.4) is 0 Å². The second kappa shape index (κ2) is 9.70. The lowest BCUT2D eigenvalue weighted by molar-refractivity contribution is -0.142. The van der Waals surface area contributed by atoms with Gasteiger partial charge >= 0.3 is 12.0 Å². The molecule has 1 aliphatic carbocycles. The number of hydrogen-bond donors (Lipinski definition) is 4. The summed E-state index contributed by atoms with van der Waals surface area (Å²) in [4.78, 5) is 23.2. The SMILES string of the molecule is CC(CCNS(=O)(=O)c1ccccc1)NC(=O)NC1CCC(C(=O)O)CC1. The smallest absolute Gasteiger partial charge is 0.315 e. The second-order valence-corrected chi connectivity index (χ2v) is 8.67. The first-order valence-electron chi connectivity index (χ1n) is 9.12. The second-order valence-electron chi connectivity index (χ2n) is 6.91. The molecule has 0 bridgehead atoms. The van der Waals surface area contributed by atoms with Gasteiger partial charge < -0.3 is 15.7 Å². The summed E-state index contributed by atoms with van der Waals surface area (Å²) in [5, 5.41) is 14.6. The Kier molecular flexibility index (Phi) is 7.61. The average Bonchev–Trinajstić information content (AvgIpc) is 2.62. The van der Waals surface area contributed by atoms with E-state index in [9.17, 15) is 18.0 Å². The van der Waals surface area contributed by atoms with E-state index < -0.39 is 16.0 Å². The molecular formula is C18H27N3O5S. The third-order valence-electron chi connectivity index (χ3n) is 4.71. The molecule has 2 amide bonds. The van der Waals surface area contributed by atoms with E-state index in [1.807, 2.05) is 0 Å². The number of rotatable bonds is 8. The van der Waals surface area contributed by atoms with Crippen molar-refractivity contribution >= 4 is 22.0 Å². The van der Waals surface area contributed by atoms with Crippen LogP contribution in [0.1, 0.15) is 39.0 Å². The van der Waals surface area contributed by atoms with Crippen LogP contribution in [0.4, 0.5) is 4.79 Å². The molecule has 1 aromatic carbocycles. The first-order chi connectivity index (χ1) is 12.8. The van der Waals surface area contributed by atoms with Crippen LogP contribution in [-0.4, -0.2) is 44.2 Å². The first kappa shape index (κ1) is 21.2. The van der Waals surface area contributed by atoms with Crippen molar-refractivity contribution in [2.45, 2.75) is 56.0 Å². The minimum Gasteiger partial charge on any atom is -0.481 e. The highest BCUT2D eigenvalue weighted by atomic mass is 32.2.